The molecule has 0 bridgehead atoms. The number of carbonyl (C=O) groups is 1. The molecule has 1 aliphatic rings. The molecule has 0 unspecified atom stereocenters. The third-order valence-electron chi connectivity index (χ3n) is 3.93. The third-order valence-corrected chi connectivity index (χ3v) is 3.93. The van der Waals surface area contributed by atoms with Gasteiger partial charge in [-0.25, -0.2) is 0 Å². The average Bonchev–Trinajstić information content (AvgIpc) is 2.52. The minimum Gasteiger partial charge on any atom is -0.375 e. The van der Waals surface area contributed by atoms with Gasteiger partial charge in [-0.15, -0.1) is 0 Å². The van der Waals surface area contributed by atoms with Gasteiger partial charge in [-0.1, -0.05) is 12.1 Å². The summed E-state index contributed by atoms with van der Waals surface area (Å²) in [6, 6.07) is 4.48. The average molecular weight is 330 g/mol. The predicted molar refractivity (Wildman–Crippen MR) is 79.7 cm³/mol. The van der Waals surface area contributed by atoms with Gasteiger partial charge in [-0.05, 0) is 31.5 Å². The van der Waals surface area contributed by atoms with Crippen LogP contribution in [-0.4, -0.2) is 42.6 Å². The molecule has 0 aliphatic carbocycles. The van der Waals surface area contributed by atoms with Crippen LogP contribution in [0.15, 0.2) is 24.3 Å². The first-order chi connectivity index (χ1) is 10.8. The third kappa shape index (κ3) is 4.45. The smallest absolute Gasteiger partial charge is 0.375 e. The lowest BCUT2D eigenvalue weighted by Crippen LogP contribution is -2.56. The molecule has 7 heteroatoms. The topological polar surface area (TPSA) is 41.6 Å². The van der Waals surface area contributed by atoms with Crippen LogP contribution in [0.3, 0.4) is 0 Å². The molecule has 23 heavy (non-hydrogen) atoms. The highest BCUT2D eigenvalue weighted by molar-refractivity contribution is 5.82. The maximum Gasteiger partial charge on any atom is 0.416 e. The van der Waals surface area contributed by atoms with Gasteiger partial charge in [0.1, 0.15) is 6.04 Å². The summed E-state index contributed by atoms with van der Waals surface area (Å²) in [5, 5.41) is 3.13. The van der Waals surface area contributed by atoms with E-state index < -0.39 is 17.8 Å². The van der Waals surface area contributed by atoms with Crippen molar-refractivity contribution in [1.29, 1.82) is 0 Å². The van der Waals surface area contributed by atoms with Gasteiger partial charge in [0.25, 0.3) is 0 Å². The minimum atomic E-state index is -4.35. The zero-order valence-electron chi connectivity index (χ0n) is 13.2. The Labute approximate surface area is 133 Å². The molecule has 2 atom stereocenters. The van der Waals surface area contributed by atoms with Gasteiger partial charge < -0.3 is 15.0 Å². The number of rotatable bonds is 4. The van der Waals surface area contributed by atoms with E-state index in [1.54, 1.807) is 4.90 Å². The summed E-state index contributed by atoms with van der Waals surface area (Å²) in [5.41, 5.74) is -0.0239. The molecule has 4 nitrogen and oxygen atoms in total. The molecule has 0 spiro atoms. The molecule has 0 saturated carbocycles. The van der Waals surface area contributed by atoms with Crippen molar-refractivity contribution in [3.8, 4) is 0 Å². The Balaban J connectivity index is 2.05. The van der Waals surface area contributed by atoms with Gasteiger partial charge in [0.05, 0.1) is 18.3 Å². The van der Waals surface area contributed by atoms with Crippen LogP contribution in [0.2, 0.25) is 0 Å². The van der Waals surface area contributed by atoms with Crippen molar-refractivity contribution >= 4 is 5.91 Å². The second kappa shape index (κ2) is 7.31. The van der Waals surface area contributed by atoms with E-state index in [9.17, 15) is 18.0 Å². The van der Waals surface area contributed by atoms with Gasteiger partial charge in [-0.2, -0.15) is 13.2 Å². The Morgan fingerprint density at radius 2 is 2.00 bits per heavy atom. The van der Waals surface area contributed by atoms with Gasteiger partial charge in [0.2, 0.25) is 5.91 Å². The second-order valence-corrected chi connectivity index (χ2v) is 5.55. The molecule has 1 aliphatic heterocycles. The van der Waals surface area contributed by atoms with E-state index in [0.717, 1.165) is 12.1 Å². The maximum atomic E-state index is 12.6. The highest BCUT2D eigenvalue weighted by Gasteiger charge is 2.32. The van der Waals surface area contributed by atoms with E-state index in [0.29, 0.717) is 25.3 Å². The SMILES string of the molecule is CCN(Cc1ccc(C(F)(F)F)cc1)C(=O)[C@@H]1NCCO[C@H]1C. The van der Waals surface area contributed by atoms with Crippen molar-refractivity contribution in [3.05, 3.63) is 35.4 Å². The summed E-state index contributed by atoms with van der Waals surface area (Å²) in [4.78, 5) is 14.2. The normalized spacial score (nSPS) is 22.0. The highest BCUT2D eigenvalue weighted by atomic mass is 19.4. The van der Waals surface area contributed by atoms with E-state index in [2.05, 4.69) is 5.32 Å². The molecular weight excluding hydrogens is 309 g/mol. The molecule has 1 fully saturated rings. The molecule has 1 aromatic rings. The highest BCUT2D eigenvalue weighted by Crippen LogP contribution is 2.29. The van der Waals surface area contributed by atoms with Crippen LogP contribution in [0.1, 0.15) is 25.0 Å². The Hall–Kier alpha value is -1.60. The number of hydrogen-bond acceptors (Lipinski definition) is 3. The minimum absolute atomic E-state index is 0.0976. The van der Waals surface area contributed by atoms with Crippen molar-refractivity contribution in [2.75, 3.05) is 19.7 Å². The standard InChI is InChI=1S/C16H21F3N2O2/c1-3-21(15(22)14-11(2)23-9-8-20-14)10-12-4-6-13(7-5-12)16(17,18)19/h4-7,11,14,20H,3,8-10H2,1-2H3/t11-,14+/m0/s1. The number of morpholine rings is 1. The van der Waals surface area contributed by atoms with E-state index in [-0.39, 0.29) is 18.6 Å². The van der Waals surface area contributed by atoms with Crippen LogP contribution < -0.4 is 5.32 Å². The van der Waals surface area contributed by atoms with Crippen molar-refractivity contribution in [2.24, 2.45) is 0 Å². The predicted octanol–water partition coefficient (Wildman–Crippen LogP) is 2.43. The number of hydrogen-bond donors (Lipinski definition) is 1. The summed E-state index contributed by atoms with van der Waals surface area (Å²) in [5.74, 6) is -0.0976. The fourth-order valence-corrected chi connectivity index (χ4v) is 2.57. The fraction of sp³-hybridized carbons (Fsp3) is 0.562. The largest absolute Gasteiger partial charge is 0.416 e. The number of ether oxygens (including phenoxy) is 1. The van der Waals surface area contributed by atoms with E-state index in [4.69, 9.17) is 4.74 Å². The lowest BCUT2D eigenvalue weighted by Gasteiger charge is -2.33. The zero-order chi connectivity index (χ0) is 17.0. The first-order valence-corrected chi connectivity index (χ1v) is 7.63. The van der Waals surface area contributed by atoms with Gasteiger partial charge in [-0.3, -0.25) is 4.79 Å². The monoisotopic (exact) mass is 330 g/mol. The van der Waals surface area contributed by atoms with Crippen molar-refractivity contribution in [1.82, 2.24) is 10.2 Å². The maximum absolute atomic E-state index is 12.6. The fourth-order valence-electron chi connectivity index (χ4n) is 2.57. The molecule has 1 amide bonds. The zero-order valence-corrected chi connectivity index (χ0v) is 13.2. The lowest BCUT2D eigenvalue weighted by molar-refractivity contribution is -0.140. The van der Waals surface area contributed by atoms with E-state index >= 15 is 0 Å². The Morgan fingerprint density at radius 3 is 2.52 bits per heavy atom. The second-order valence-electron chi connectivity index (χ2n) is 5.55. The number of halogens is 3. The van der Waals surface area contributed by atoms with Crippen molar-refractivity contribution < 1.29 is 22.7 Å². The number of nitrogens with zero attached hydrogens (tertiary/aromatic N) is 1. The molecule has 1 N–H and O–H groups in total. The first-order valence-electron chi connectivity index (χ1n) is 7.63. The molecule has 0 radical (unpaired) electrons. The summed E-state index contributed by atoms with van der Waals surface area (Å²) >= 11 is 0. The van der Waals surface area contributed by atoms with Crippen LogP contribution in [0, 0.1) is 0 Å². The number of amides is 1. The molecular formula is C16H21F3N2O2. The number of benzene rings is 1. The Bertz CT molecular complexity index is 531. The van der Waals surface area contributed by atoms with Gasteiger partial charge in [0, 0.05) is 19.6 Å². The van der Waals surface area contributed by atoms with E-state index in [1.165, 1.54) is 12.1 Å². The quantitative estimate of drug-likeness (QED) is 0.922. The van der Waals surface area contributed by atoms with Crippen LogP contribution in [0.5, 0.6) is 0 Å². The summed E-state index contributed by atoms with van der Waals surface area (Å²) in [7, 11) is 0. The summed E-state index contributed by atoms with van der Waals surface area (Å²) in [6.07, 6.45) is -4.57. The van der Waals surface area contributed by atoms with Crippen molar-refractivity contribution in [3.63, 3.8) is 0 Å². The summed E-state index contributed by atoms with van der Waals surface area (Å²) < 4.78 is 43.2. The molecule has 2 rings (SSSR count). The lowest BCUT2D eigenvalue weighted by atomic mass is 10.1. The number of carbonyl (C=O) groups excluding carboxylic acids is 1. The van der Waals surface area contributed by atoms with Gasteiger partial charge >= 0.3 is 6.18 Å². The number of likely N-dealkylation sites (N-methyl/N-ethyl adjacent to an activating group) is 1. The summed E-state index contributed by atoms with van der Waals surface area (Å²) in [6.45, 7) is 5.61. The van der Waals surface area contributed by atoms with Crippen LogP contribution in [0.4, 0.5) is 13.2 Å². The molecule has 1 heterocycles. The molecule has 128 valence electrons. The van der Waals surface area contributed by atoms with E-state index in [1.807, 2.05) is 13.8 Å². The first kappa shape index (κ1) is 17.7. The van der Waals surface area contributed by atoms with Crippen LogP contribution in [0.25, 0.3) is 0 Å². The number of nitrogens with one attached hydrogen (secondary N) is 1. The van der Waals surface area contributed by atoms with Gasteiger partial charge in [0.15, 0.2) is 0 Å². The van der Waals surface area contributed by atoms with Crippen LogP contribution in [-0.2, 0) is 22.3 Å². The van der Waals surface area contributed by atoms with Crippen molar-refractivity contribution in [2.45, 2.75) is 38.7 Å². The molecule has 1 saturated heterocycles. The molecule has 0 aromatic heterocycles. The molecule has 1 aromatic carbocycles. The Morgan fingerprint density at radius 1 is 1.35 bits per heavy atom. The Kier molecular flexibility index (Phi) is 5.64. The van der Waals surface area contributed by atoms with Crippen LogP contribution >= 0.6 is 0 Å². The number of alkyl halides is 3.